The van der Waals surface area contributed by atoms with Crippen LogP contribution in [0.3, 0.4) is 0 Å². The second kappa shape index (κ2) is 9.05. The summed E-state index contributed by atoms with van der Waals surface area (Å²) in [5.74, 6) is 0.808. The third-order valence-electron chi connectivity index (χ3n) is 7.65. The zero-order valence-electron chi connectivity index (χ0n) is 18.5. The maximum atomic E-state index is 13.8. The SMILES string of the molecule is O=C(CCc1ccccc1)N1C[C@H]2C[C@@H](C1)[C@H](Cc1cccc(F)c1)N1C(=O)CCC[C@@H]21. The third-order valence-corrected chi connectivity index (χ3v) is 7.65. The van der Waals surface area contributed by atoms with Crippen molar-refractivity contribution in [2.45, 2.75) is 57.0 Å². The normalized spacial score (nSPS) is 27.2. The Labute approximate surface area is 189 Å². The zero-order chi connectivity index (χ0) is 22.1. The quantitative estimate of drug-likeness (QED) is 0.707. The molecule has 0 unspecified atom stereocenters. The summed E-state index contributed by atoms with van der Waals surface area (Å²) in [6.45, 7) is 1.45. The van der Waals surface area contributed by atoms with E-state index < -0.39 is 0 Å². The first kappa shape index (κ1) is 21.2. The Morgan fingerprint density at radius 1 is 1.00 bits per heavy atom. The summed E-state index contributed by atoms with van der Waals surface area (Å²) in [6, 6.07) is 17.1. The number of nitrogens with zero attached hydrogens (tertiary/aromatic N) is 2. The van der Waals surface area contributed by atoms with Crippen LogP contribution in [0, 0.1) is 17.7 Å². The van der Waals surface area contributed by atoms with E-state index in [-0.39, 0.29) is 35.6 Å². The Hall–Kier alpha value is -2.69. The van der Waals surface area contributed by atoms with Crippen molar-refractivity contribution in [3.63, 3.8) is 0 Å². The number of likely N-dealkylation sites (tertiary alicyclic amines) is 1. The number of aryl methyl sites for hydroxylation is 1. The van der Waals surface area contributed by atoms with Crippen molar-refractivity contribution in [3.8, 4) is 0 Å². The molecule has 0 saturated carbocycles. The van der Waals surface area contributed by atoms with Gasteiger partial charge in [-0.3, -0.25) is 9.59 Å². The Morgan fingerprint density at radius 3 is 2.59 bits per heavy atom. The number of carbonyl (C=O) groups excluding carboxylic acids is 2. The molecule has 2 aromatic carbocycles. The molecular formula is C27H31FN2O2. The standard InChI is InChI=1S/C27H31FN2O2/c28-23-9-4-8-20(14-23)15-25-22-16-21(24-10-5-11-27(32)30(24)25)17-29(18-22)26(31)13-12-19-6-2-1-3-7-19/h1-4,6-9,14,21-22,24-25H,5,10-13,15-18H2/t21-,22+,24+,25+/m1/s1. The highest BCUT2D eigenvalue weighted by atomic mass is 19.1. The number of amides is 2. The van der Waals surface area contributed by atoms with Gasteiger partial charge >= 0.3 is 0 Å². The maximum absolute atomic E-state index is 13.8. The lowest BCUT2D eigenvalue weighted by Gasteiger charge is -2.56. The summed E-state index contributed by atoms with van der Waals surface area (Å²) >= 11 is 0. The maximum Gasteiger partial charge on any atom is 0.223 e. The van der Waals surface area contributed by atoms with E-state index in [9.17, 15) is 14.0 Å². The van der Waals surface area contributed by atoms with Crippen LogP contribution in [0.5, 0.6) is 0 Å². The van der Waals surface area contributed by atoms with Crippen molar-refractivity contribution in [1.82, 2.24) is 9.80 Å². The largest absolute Gasteiger partial charge is 0.342 e. The van der Waals surface area contributed by atoms with Gasteiger partial charge < -0.3 is 9.80 Å². The highest BCUT2D eigenvalue weighted by molar-refractivity contribution is 5.79. The van der Waals surface area contributed by atoms with Crippen LogP contribution in [-0.4, -0.2) is 46.8 Å². The highest BCUT2D eigenvalue weighted by Crippen LogP contribution is 2.42. The summed E-state index contributed by atoms with van der Waals surface area (Å²) < 4.78 is 13.8. The number of fused-ring (bicyclic) bond motifs is 4. The Morgan fingerprint density at radius 2 is 1.78 bits per heavy atom. The van der Waals surface area contributed by atoms with Crippen LogP contribution in [-0.2, 0) is 22.4 Å². The molecule has 4 atom stereocenters. The molecule has 32 heavy (non-hydrogen) atoms. The van der Waals surface area contributed by atoms with E-state index in [0.717, 1.165) is 37.8 Å². The molecule has 0 radical (unpaired) electrons. The van der Waals surface area contributed by atoms with Gasteiger partial charge in [0, 0.05) is 38.0 Å². The molecule has 0 N–H and O–H groups in total. The summed E-state index contributed by atoms with van der Waals surface area (Å²) in [4.78, 5) is 30.3. The van der Waals surface area contributed by atoms with Gasteiger partial charge in [-0.1, -0.05) is 42.5 Å². The molecule has 2 amide bonds. The van der Waals surface area contributed by atoms with Crippen molar-refractivity contribution in [2.24, 2.45) is 11.8 Å². The van der Waals surface area contributed by atoms with Crippen LogP contribution in [0.1, 0.15) is 43.2 Å². The van der Waals surface area contributed by atoms with Crippen molar-refractivity contribution in [1.29, 1.82) is 0 Å². The molecule has 0 aromatic heterocycles. The molecule has 0 spiro atoms. The van der Waals surface area contributed by atoms with E-state index >= 15 is 0 Å². The van der Waals surface area contributed by atoms with Crippen LogP contribution in [0.25, 0.3) is 0 Å². The fourth-order valence-corrected chi connectivity index (χ4v) is 6.20. The van der Waals surface area contributed by atoms with E-state index in [0.29, 0.717) is 31.7 Å². The van der Waals surface area contributed by atoms with Crippen LogP contribution in [0.2, 0.25) is 0 Å². The van der Waals surface area contributed by atoms with Crippen molar-refractivity contribution in [3.05, 3.63) is 71.5 Å². The van der Waals surface area contributed by atoms with Crippen LogP contribution < -0.4 is 0 Å². The molecule has 2 aromatic rings. The summed E-state index contributed by atoms with van der Waals surface area (Å²) in [5, 5.41) is 0. The minimum atomic E-state index is -0.237. The molecule has 3 fully saturated rings. The van der Waals surface area contributed by atoms with E-state index in [1.807, 2.05) is 24.3 Å². The first-order valence-corrected chi connectivity index (χ1v) is 12.0. The second-order valence-corrected chi connectivity index (χ2v) is 9.70. The average molecular weight is 435 g/mol. The van der Waals surface area contributed by atoms with Crippen molar-refractivity contribution >= 4 is 11.8 Å². The molecule has 168 valence electrons. The lowest BCUT2D eigenvalue weighted by atomic mass is 9.70. The lowest BCUT2D eigenvalue weighted by molar-refractivity contribution is -0.156. The summed E-state index contributed by atoms with van der Waals surface area (Å²) in [6.07, 6.45) is 5.53. The van der Waals surface area contributed by atoms with Gasteiger partial charge in [0.25, 0.3) is 0 Å². The van der Waals surface area contributed by atoms with E-state index in [1.165, 1.54) is 11.6 Å². The van der Waals surface area contributed by atoms with Gasteiger partial charge in [0.1, 0.15) is 5.82 Å². The number of halogens is 1. The number of benzene rings is 2. The molecule has 3 heterocycles. The minimum Gasteiger partial charge on any atom is -0.342 e. The topological polar surface area (TPSA) is 40.6 Å². The van der Waals surface area contributed by atoms with Gasteiger partial charge in [0.2, 0.25) is 11.8 Å². The predicted octanol–water partition coefficient (Wildman–Crippen LogP) is 4.23. The van der Waals surface area contributed by atoms with Gasteiger partial charge in [0.05, 0.1) is 0 Å². The van der Waals surface area contributed by atoms with E-state index in [4.69, 9.17) is 0 Å². The number of hydrogen-bond donors (Lipinski definition) is 0. The van der Waals surface area contributed by atoms with Crippen LogP contribution in [0.4, 0.5) is 4.39 Å². The van der Waals surface area contributed by atoms with Crippen molar-refractivity contribution in [2.75, 3.05) is 13.1 Å². The second-order valence-electron chi connectivity index (χ2n) is 9.70. The third kappa shape index (κ3) is 4.30. The first-order chi connectivity index (χ1) is 15.6. The highest BCUT2D eigenvalue weighted by Gasteiger charge is 2.49. The number of hydrogen-bond acceptors (Lipinski definition) is 2. The molecule has 0 aliphatic carbocycles. The van der Waals surface area contributed by atoms with Crippen molar-refractivity contribution < 1.29 is 14.0 Å². The fourth-order valence-electron chi connectivity index (χ4n) is 6.20. The van der Waals surface area contributed by atoms with Crippen LogP contribution >= 0.6 is 0 Å². The van der Waals surface area contributed by atoms with Gasteiger partial charge in [-0.25, -0.2) is 4.39 Å². The molecule has 5 heteroatoms. The Balaban J connectivity index is 1.34. The number of rotatable bonds is 5. The van der Waals surface area contributed by atoms with Gasteiger partial charge in [-0.05, 0) is 67.2 Å². The zero-order valence-corrected chi connectivity index (χ0v) is 18.5. The molecule has 5 rings (SSSR count). The summed E-state index contributed by atoms with van der Waals surface area (Å²) in [7, 11) is 0. The Bertz CT molecular complexity index is 979. The lowest BCUT2D eigenvalue weighted by Crippen LogP contribution is -2.66. The number of carbonyl (C=O) groups is 2. The smallest absolute Gasteiger partial charge is 0.223 e. The Kier molecular flexibility index (Phi) is 5.99. The molecule has 4 nitrogen and oxygen atoms in total. The van der Waals surface area contributed by atoms with Gasteiger partial charge in [-0.15, -0.1) is 0 Å². The van der Waals surface area contributed by atoms with E-state index in [2.05, 4.69) is 21.9 Å². The van der Waals surface area contributed by atoms with Gasteiger partial charge in [-0.2, -0.15) is 0 Å². The van der Waals surface area contributed by atoms with E-state index in [1.54, 1.807) is 12.1 Å². The molecule has 3 aliphatic heterocycles. The van der Waals surface area contributed by atoms with Gasteiger partial charge in [0.15, 0.2) is 0 Å². The monoisotopic (exact) mass is 434 g/mol. The van der Waals surface area contributed by atoms with Crippen LogP contribution in [0.15, 0.2) is 54.6 Å². The predicted molar refractivity (Wildman–Crippen MR) is 121 cm³/mol. The number of piperidine rings is 3. The average Bonchev–Trinajstić information content (AvgIpc) is 2.81. The fraction of sp³-hybridized carbons (Fsp3) is 0.481. The summed E-state index contributed by atoms with van der Waals surface area (Å²) in [5.41, 5.74) is 2.11. The molecular weight excluding hydrogens is 403 g/mol. The molecule has 3 aliphatic rings. The molecule has 2 bridgehead atoms. The minimum absolute atomic E-state index is 0.0376. The first-order valence-electron chi connectivity index (χ1n) is 12.0. The molecule has 3 saturated heterocycles.